The molecule has 2 aromatic rings. The molecule has 0 bridgehead atoms. The van der Waals surface area contributed by atoms with E-state index in [2.05, 4.69) is 42.2 Å². The zero-order valence-corrected chi connectivity index (χ0v) is 19.1. The average Bonchev–Trinajstić information content (AvgIpc) is 2.88. The van der Waals surface area contributed by atoms with Crippen LogP contribution in [0.5, 0.6) is 5.75 Å². The van der Waals surface area contributed by atoms with Gasteiger partial charge in [0, 0.05) is 23.5 Å². The van der Waals surface area contributed by atoms with E-state index in [1.807, 2.05) is 6.07 Å². The Bertz CT molecular complexity index is 1010. The highest BCUT2D eigenvalue weighted by molar-refractivity contribution is 6.30. The Hall–Kier alpha value is -2.20. The van der Waals surface area contributed by atoms with Gasteiger partial charge in [-0.3, -0.25) is 4.79 Å². The third-order valence-corrected chi connectivity index (χ3v) is 7.80. The van der Waals surface area contributed by atoms with Crippen LogP contribution in [0, 0.1) is 18.8 Å². The summed E-state index contributed by atoms with van der Waals surface area (Å²) < 4.78 is 11.5. The number of esters is 1. The molecule has 3 aliphatic rings. The van der Waals surface area contributed by atoms with Crippen molar-refractivity contribution in [1.82, 2.24) is 0 Å². The predicted octanol–water partition coefficient (Wildman–Crippen LogP) is 5.32. The van der Waals surface area contributed by atoms with Crippen LogP contribution in [0.2, 0.25) is 5.02 Å². The van der Waals surface area contributed by atoms with Crippen LogP contribution in [0.1, 0.15) is 42.4 Å². The number of halogens is 1. The van der Waals surface area contributed by atoms with Crippen LogP contribution in [-0.2, 0) is 21.4 Å². The van der Waals surface area contributed by atoms with E-state index in [0.717, 1.165) is 61.7 Å². The normalized spacial score (nSPS) is 26.9. The minimum atomic E-state index is -0.0738. The van der Waals surface area contributed by atoms with Crippen molar-refractivity contribution in [3.8, 4) is 5.75 Å². The topological polar surface area (TPSA) is 38.8 Å². The fourth-order valence-corrected chi connectivity index (χ4v) is 5.95. The van der Waals surface area contributed by atoms with Crippen molar-refractivity contribution in [1.29, 1.82) is 0 Å². The van der Waals surface area contributed by atoms with E-state index in [1.54, 1.807) is 0 Å². The maximum atomic E-state index is 12.2. The van der Waals surface area contributed by atoms with Crippen molar-refractivity contribution in [2.75, 3.05) is 31.7 Å². The molecular weight excluding hydrogens is 410 g/mol. The average molecular weight is 440 g/mol. The smallest absolute Gasteiger partial charge is 0.309 e. The standard InChI is InChI=1S/C26H30ClNO3/c1-17-5-10-24-23(12-17)28(14-19-6-8-21(19)25(29)30-2)15-26(16-31-24)11-3-4-18-13-20(27)7-9-22(18)26/h5,7,9-10,12-13,19,21H,3-4,6,8,11,14-16H2,1-2H3/t19-,21+,26-/m0/s1. The maximum absolute atomic E-state index is 12.2. The number of rotatable bonds is 3. The van der Waals surface area contributed by atoms with Crippen molar-refractivity contribution >= 4 is 23.3 Å². The number of hydrogen-bond acceptors (Lipinski definition) is 4. The number of fused-ring (bicyclic) bond motifs is 3. The Labute approximate surface area is 189 Å². The van der Waals surface area contributed by atoms with E-state index in [9.17, 15) is 4.79 Å². The summed E-state index contributed by atoms with van der Waals surface area (Å²) in [6.45, 7) is 4.53. The molecule has 2 aliphatic carbocycles. The number of benzene rings is 2. The Kier molecular flexibility index (Phi) is 5.37. The number of hydrogen-bond donors (Lipinski definition) is 0. The van der Waals surface area contributed by atoms with Gasteiger partial charge >= 0.3 is 5.97 Å². The quantitative estimate of drug-likeness (QED) is 0.606. The molecule has 164 valence electrons. The summed E-state index contributed by atoms with van der Waals surface area (Å²) in [5.74, 6) is 1.21. The molecule has 0 amide bonds. The number of ether oxygens (including phenoxy) is 2. The Morgan fingerprint density at radius 3 is 2.90 bits per heavy atom. The molecule has 0 radical (unpaired) electrons. The number of aryl methyl sites for hydroxylation is 2. The van der Waals surface area contributed by atoms with Crippen LogP contribution in [0.4, 0.5) is 5.69 Å². The Morgan fingerprint density at radius 2 is 2.13 bits per heavy atom. The maximum Gasteiger partial charge on any atom is 0.309 e. The van der Waals surface area contributed by atoms with E-state index < -0.39 is 0 Å². The van der Waals surface area contributed by atoms with Gasteiger partial charge in [-0.25, -0.2) is 0 Å². The second kappa shape index (κ2) is 8.05. The first-order chi connectivity index (χ1) is 15.0. The van der Waals surface area contributed by atoms with Gasteiger partial charge in [-0.1, -0.05) is 23.7 Å². The van der Waals surface area contributed by atoms with E-state index in [1.165, 1.54) is 23.8 Å². The van der Waals surface area contributed by atoms with Gasteiger partial charge in [0.25, 0.3) is 0 Å². The number of carbonyl (C=O) groups excluding carboxylic acids is 1. The first kappa shape index (κ1) is 20.7. The van der Waals surface area contributed by atoms with Crippen LogP contribution in [0.3, 0.4) is 0 Å². The second-order valence-corrected chi connectivity index (χ2v) is 9.98. The van der Waals surface area contributed by atoms with Crippen molar-refractivity contribution < 1.29 is 14.3 Å². The van der Waals surface area contributed by atoms with Crippen molar-refractivity contribution in [3.05, 3.63) is 58.1 Å². The summed E-state index contributed by atoms with van der Waals surface area (Å²) in [5.41, 5.74) is 5.01. The zero-order valence-electron chi connectivity index (χ0n) is 18.3. The van der Waals surface area contributed by atoms with Crippen LogP contribution < -0.4 is 9.64 Å². The molecule has 2 aromatic carbocycles. The summed E-state index contributed by atoms with van der Waals surface area (Å²) >= 11 is 6.32. The van der Waals surface area contributed by atoms with Crippen LogP contribution in [0.25, 0.3) is 0 Å². The molecule has 0 N–H and O–H groups in total. The van der Waals surface area contributed by atoms with Gasteiger partial charge < -0.3 is 14.4 Å². The minimum Gasteiger partial charge on any atom is -0.490 e. The number of nitrogens with zero attached hydrogens (tertiary/aromatic N) is 1. The summed E-state index contributed by atoms with van der Waals surface area (Å²) in [6.07, 6.45) is 5.29. The number of methoxy groups -OCH3 is 1. The molecule has 5 heteroatoms. The molecule has 1 spiro atoms. The van der Waals surface area contributed by atoms with Crippen molar-refractivity contribution in [3.63, 3.8) is 0 Å². The highest BCUT2D eigenvalue weighted by Gasteiger charge is 2.44. The third kappa shape index (κ3) is 3.69. The lowest BCUT2D eigenvalue weighted by molar-refractivity contribution is -0.151. The van der Waals surface area contributed by atoms with E-state index in [-0.39, 0.29) is 17.3 Å². The fourth-order valence-electron chi connectivity index (χ4n) is 5.76. The van der Waals surface area contributed by atoms with E-state index in [4.69, 9.17) is 21.1 Å². The largest absolute Gasteiger partial charge is 0.490 e. The summed E-state index contributed by atoms with van der Waals surface area (Å²) in [4.78, 5) is 14.7. The lowest BCUT2D eigenvalue weighted by Gasteiger charge is -2.43. The molecule has 1 aliphatic heterocycles. The van der Waals surface area contributed by atoms with Gasteiger partial charge in [0.2, 0.25) is 0 Å². The van der Waals surface area contributed by atoms with Crippen LogP contribution >= 0.6 is 11.6 Å². The molecule has 1 saturated carbocycles. The molecule has 0 aromatic heterocycles. The lowest BCUT2D eigenvalue weighted by atomic mass is 9.69. The predicted molar refractivity (Wildman–Crippen MR) is 123 cm³/mol. The molecular formula is C26H30ClNO3. The first-order valence-corrected chi connectivity index (χ1v) is 11.7. The number of anilines is 1. The lowest BCUT2D eigenvalue weighted by Crippen LogP contribution is -2.49. The highest BCUT2D eigenvalue weighted by Crippen LogP contribution is 2.46. The van der Waals surface area contributed by atoms with Gasteiger partial charge in [-0.2, -0.15) is 0 Å². The molecule has 1 fully saturated rings. The summed E-state index contributed by atoms with van der Waals surface area (Å²) in [5, 5.41) is 0.802. The van der Waals surface area contributed by atoms with Crippen LogP contribution in [0.15, 0.2) is 36.4 Å². The first-order valence-electron chi connectivity index (χ1n) is 11.3. The van der Waals surface area contributed by atoms with Crippen LogP contribution in [-0.4, -0.2) is 32.8 Å². The van der Waals surface area contributed by atoms with E-state index in [0.29, 0.717) is 12.5 Å². The third-order valence-electron chi connectivity index (χ3n) is 7.57. The monoisotopic (exact) mass is 439 g/mol. The van der Waals surface area contributed by atoms with Gasteiger partial charge in [0.1, 0.15) is 5.75 Å². The minimum absolute atomic E-state index is 0.0100. The van der Waals surface area contributed by atoms with E-state index >= 15 is 0 Å². The van der Waals surface area contributed by atoms with Gasteiger partial charge in [0.05, 0.1) is 25.3 Å². The van der Waals surface area contributed by atoms with Gasteiger partial charge in [-0.05, 0) is 85.9 Å². The SMILES string of the molecule is COC(=O)[C@@H]1CC[C@H]1CN1C[C@@]2(CCCc3cc(Cl)ccc32)COc2ccc(C)cc21. The molecule has 3 atom stereocenters. The second-order valence-electron chi connectivity index (χ2n) is 9.54. The van der Waals surface area contributed by atoms with Crippen molar-refractivity contribution in [2.45, 2.75) is 44.4 Å². The van der Waals surface area contributed by atoms with Gasteiger partial charge in [-0.15, -0.1) is 0 Å². The Balaban J connectivity index is 1.52. The molecule has 4 nitrogen and oxygen atoms in total. The van der Waals surface area contributed by atoms with Gasteiger partial charge in [0.15, 0.2) is 0 Å². The summed E-state index contributed by atoms with van der Waals surface area (Å²) in [6, 6.07) is 12.8. The fraction of sp³-hybridized carbons (Fsp3) is 0.500. The Morgan fingerprint density at radius 1 is 1.26 bits per heavy atom. The highest BCUT2D eigenvalue weighted by atomic mass is 35.5. The van der Waals surface area contributed by atoms with Crippen molar-refractivity contribution in [2.24, 2.45) is 11.8 Å². The molecule has 1 heterocycles. The number of carbonyl (C=O) groups is 1. The molecule has 0 unspecified atom stereocenters. The zero-order chi connectivity index (χ0) is 21.6. The molecule has 5 rings (SSSR count). The molecule has 31 heavy (non-hydrogen) atoms. The summed E-state index contributed by atoms with van der Waals surface area (Å²) in [7, 11) is 1.50. The molecule has 0 saturated heterocycles.